The first-order chi connectivity index (χ1) is 23.8. The predicted octanol–water partition coefficient (Wildman–Crippen LogP) is 7.59. The molecule has 2 aromatic carbocycles. The van der Waals surface area contributed by atoms with E-state index in [9.17, 15) is 13.2 Å². The van der Waals surface area contributed by atoms with Gasteiger partial charge in [0.1, 0.15) is 10.8 Å². The molecule has 2 saturated heterocycles. The molecule has 0 unspecified atom stereocenters. The average molecular weight is 761 g/mol. The minimum atomic E-state index is -3.56. The number of anilines is 4. The summed E-state index contributed by atoms with van der Waals surface area (Å²) in [6.07, 6.45) is 3.07. The Hall–Kier alpha value is -3.17. The zero-order valence-electron chi connectivity index (χ0n) is 29.1. The highest BCUT2D eigenvalue weighted by atomic mass is 35.5. The van der Waals surface area contributed by atoms with Crippen molar-refractivity contribution in [2.45, 2.75) is 69.6 Å². The summed E-state index contributed by atoms with van der Waals surface area (Å²) in [5.41, 5.74) is 3.33. The van der Waals surface area contributed by atoms with E-state index in [-0.39, 0.29) is 38.9 Å². The Labute approximate surface area is 309 Å². The van der Waals surface area contributed by atoms with Crippen molar-refractivity contribution in [1.29, 1.82) is 0 Å². The van der Waals surface area contributed by atoms with Gasteiger partial charge in [-0.15, -0.1) is 0 Å². The number of aromatic nitrogens is 2. The van der Waals surface area contributed by atoms with Crippen LogP contribution in [0.3, 0.4) is 0 Å². The van der Waals surface area contributed by atoms with Crippen LogP contribution < -0.4 is 15.4 Å². The van der Waals surface area contributed by atoms with Gasteiger partial charge in [-0.25, -0.2) is 13.4 Å². The first kappa shape index (κ1) is 38.1. The minimum Gasteiger partial charge on any atom is -0.489 e. The number of amides is 1. The summed E-state index contributed by atoms with van der Waals surface area (Å²) in [6.45, 7) is 13.6. The number of carbonyl (C=O) groups is 1. The number of thioether (sulfide) groups is 1. The Morgan fingerprint density at radius 2 is 1.76 bits per heavy atom. The van der Waals surface area contributed by atoms with E-state index < -0.39 is 15.1 Å². The third-order valence-electron chi connectivity index (χ3n) is 8.66. The van der Waals surface area contributed by atoms with E-state index in [1.165, 1.54) is 23.5 Å². The van der Waals surface area contributed by atoms with Crippen molar-refractivity contribution in [3.05, 3.63) is 58.7 Å². The van der Waals surface area contributed by atoms with E-state index >= 15 is 0 Å². The van der Waals surface area contributed by atoms with E-state index in [2.05, 4.69) is 38.5 Å². The molecule has 2 aliphatic heterocycles. The molecule has 5 rings (SSSR count). The number of piperidine rings is 1. The molecule has 2 N–H and O–H groups in total. The molecule has 11 nitrogen and oxygen atoms in total. The summed E-state index contributed by atoms with van der Waals surface area (Å²) in [5.74, 6) is 1.97. The maximum Gasteiger partial charge on any atom is 0.282 e. The average Bonchev–Trinajstić information content (AvgIpc) is 3.10. The van der Waals surface area contributed by atoms with Gasteiger partial charge < -0.3 is 29.9 Å². The second-order valence-electron chi connectivity index (χ2n) is 12.9. The number of likely N-dealkylation sites (tertiary alicyclic amines) is 1. The number of thiocarbonyl (C=S) groups is 1. The predicted molar refractivity (Wildman–Crippen MR) is 206 cm³/mol. The fraction of sp³-hybridized carbons (Fsp3) is 0.486. The highest BCUT2D eigenvalue weighted by Gasteiger charge is 2.27. The largest absolute Gasteiger partial charge is 0.489 e. The number of hydrogen-bond acceptors (Lipinski definition) is 11. The van der Waals surface area contributed by atoms with Crippen molar-refractivity contribution in [2.24, 2.45) is 0 Å². The van der Waals surface area contributed by atoms with Crippen molar-refractivity contribution in [3.63, 3.8) is 0 Å². The molecule has 50 heavy (non-hydrogen) atoms. The number of para-hydroxylation sites is 1. The molecule has 2 fully saturated rings. The molecule has 15 heteroatoms. The fourth-order valence-corrected chi connectivity index (χ4v) is 8.41. The lowest BCUT2D eigenvalue weighted by atomic mass is 9.86. The van der Waals surface area contributed by atoms with Gasteiger partial charge in [-0.3, -0.25) is 4.79 Å². The smallest absolute Gasteiger partial charge is 0.282 e. The van der Waals surface area contributed by atoms with Gasteiger partial charge in [0.05, 0.1) is 57.8 Å². The molecule has 1 amide bonds. The number of nitrogens with zero attached hydrogens (tertiary/aromatic N) is 4. The van der Waals surface area contributed by atoms with Gasteiger partial charge in [0, 0.05) is 26.2 Å². The molecule has 0 bridgehead atoms. The number of rotatable bonds is 11. The van der Waals surface area contributed by atoms with E-state index in [4.69, 9.17) is 33.3 Å². The number of carbonyl (C=O) groups excluding carboxylic acids is 1. The van der Waals surface area contributed by atoms with Crippen molar-refractivity contribution in [3.8, 4) is 5.75 Å². The molecule has 0 aliphatic carbocycles. The van der Waals surface area contributed by atoms with Gasteiger partial charge in [-0.2, -0.15) is 4.98 Å². The third-order valence-corrected chi connectivity index (χ3v) is 12.7. The summed E-state index contributed by atoms with van der Waals surface area (Å²) in [7, 11) is -3.56. The van der Waals surface area contributed by atoms with Crippen LogP contribution in [0.1, 0.15) is 57.6 Å². The number of aryl methyl sites for hydroxylation is 1. The van der Waals surface area contributed by atoms with Crippen LogP contribution in [0, 0.1) is 6.92 Å². The SMILES string of the molecule is Cc1cc(Nc2ncc(Cl)c(Nc3ccccc3S(=O)(=O)C(C)C)n2)c(OC(C)C)cc1C1CCN(C(=O)SCC(=S)N2CCOCC2)CC1. The summed E-state index contributed by atoms with van der Waals surface area (Å²) in [6, 6.07) is 10.8. The summed E-state index contributed by atoms with van der Waals surface area (Å²) in [4.78, 5) is 27.1. The van der Waals surface area contributed by atoms with Crippen molar-refractivity contribution in [1.82, 2.24) is 19.8 Å². The first-order valence-corrected chi connectivity index (χ1v) is 20.1. The molecular weight excluding hydrogens is 716 g/mol. The molecule has 0 atom stereocenters. The summed E-state index contributed by atoms with van der Waals surface area (Å²) >= 11 is 13.3. The lowest BCUT2D eigenvalue weighted by molar-refractivity contribution is 0.0689. The van der Waals surface area contributed by atoms with Crippen LogP contribution in [0.25, 0.3) is 0 Å². The quantitative estimate of drug-likeness (QED) is 0.187. The zero-order chi connectivity index (χ0) is 36.0. The van der Waals surface area contributed by atoms with Gasteiger partial charge in [0.2, 0.25) is 5.95 Å². The molecule has 3 aromatic rings. The topological polar surface area (TPSA) is 126 Å². The summed E-state index contributed by atoms with van der Waals surface area (Å²) < 4.78 is 37.7. The number of halogens is 1. The molecule has 0 radical (unpaired) electrons. The van der Waals surface area contributed by atoms with Crippen LogP contribution in [0.4, 0.5) is 27.9 Å². The van der Waals surface area contributed by atoms with Gasteiger partial charge in [-0.05, 0) is 88.8 Å². The Bertz CT molecular complexity index is 1800. The third kappa shape index (κ3) is 9.38. The lowest BCUT2D eigenvalue weighted by Crippen LogP contribution is -2.41. The molecule has 0 saturated carbocycles. The van der Waals surface area contributed by atoms with Gasteiger partial charge in [-0.1, -0.05) is 47.7 Å². The maximum atomic E-state index is 13.0. The number of morpholine rings is 1. The molecule has 0 spiro atoms. The van der Waals surface area contributed by atoms with Crippen molar-refractivity contribution < 1.29 is 22.7 Å². The fourth-order valence-electron chi connectivity index (χ4n) is 5.92. The van der Waals surface area contributed by atoms with E-state index in [0.717, 1.165) is 36.5 Å². The monoisotopic (exact) mass is 760 g/mol. The summed E-state index contributed by atoms with van der Waals surface area (Å²) in [5, 5.41) is 6.10. The van der Waals surface area contributed by atoms with Gasteiger partial charge in [0.25, 0.3) is 5.24 Å². The second-order valence-corrected chi connectivity index (χ2v) is 17.2. The van der Waals surface area contributed by atoms with Crippen LogP contribution in [0.2, 0.25) is 5.02 Å². The lowest BCUT2D eigenvalue weighted by Gasteiger charge is -2.33. The zero-order valence-corrected chi connectivity index (χ0v) is 32.3. The van der Waals surface area contributed by atoms with Gasteiger partial charge >= 0.3 is 0 Å². The van der Waals surface area contributed by atoms with E-state index in [0.29, 0.717) is 49.2 Å². The maximum absolute atomic E-state index is 13.0. The van der Waals surface area contributed by atoms with Crippen LogP contribution in [0.15, 0.2) is 47.5 Å². The Morgan fingerprint density at radius 3 is 2.44 bits per heavy atom. The minimum absolute atomic E-state index is 0.0704. The number of benzene rings is 2. The highest BCUT2D eigenvalue weighted by molar-refractivity contribution is 8.14. The molecular formula is C35H45ClN6O5S3. The Kier molecular flexibility index (Phi) is 12.9. The number of hydrogen-bond donors (Lipinski definition) is 2. The highest BCUT2D eigenvalue weighted by Crippen LogP contribution is 2.39. The first-order valence-electron chi connectivity index (χ1n) is 16.8. The Morgan fingerprint density at radius 1 is 1.06 bits per heavy atom. The van der Waals surface area contributed by atoms with Crippen LogP contribution >= 0.6 is 35.6 Å². The number of ether oxygens (including phenoxy) is 2. The molecule has 3 heterocycles. The van der Waals surface area contributed by atoms with E-state index in [1.54, 1.807) is 38.1 Å². The van der Waals surface area contributed by atoms with Crippen LogP contribution in [-0.4, -0.2) is 94.9 Å². The molecule has 2 aliphatic rings. The van der Waals surface area contributed by atoms with Crippen molar-refractivity contribution in [2.75, 3.05) is 55.8 Å². The van der Waals surface area contributed by atoms with Crippen molar-refractivity contribution >= 4 is 78.8 Å². The van der Waals surface area contributed by atoms with E-state index in [1.807, 2.05) is 24.8 Å². The van der Waals surface area contributed by atoms with Crippen LogP contribution in [-0.2, 0) is 14.6 Å². The van der Waals surface area contributed by atoms with Gasteiger partial charge in [0.15, 0.2) is 15.7 Å². The number of nitrogens with one attached hydrogen (secondary N) is 2. The Balaban J connectivity index is 1.28. The normalized spacial score (nSPS) is 15.8. The van der Waals surface area contributed by atoms with Crippen LogP contribution in [0.5, 0.6) is 5.75 Å². The molecule has 1 aromatic heterocycles. The number of sulfone groups is 1. The standard InChI is InChI=1S/C35H45ClN6O5S3/c1-22(2)47-30-19-26(25-10-12-42(13-11-25)35(43)49-21-32(48)41-14-16-46-17-15-41)24(5)18-29(30)39-34-37-20-27(36)33(40-34)38-28-8-6-7-9-31(28)50(44,45)23(3)4/h6-9,18-20,22-23,25H,10-17,21H2,1-5H3,(H2,37,38,39,40). The molecule has 270 valence electrons. The second kappa shape index (κ2) is 16.9.